The zero-order chi connectivity index (χ0) is 18.5. The maximum atomic E-state index is 12.3. The van der Waals surface area contributed by atoms with Crippen molar-refractivity contribution in [1.82, 2.24) is 20.5 Å². The van der Waals surface area contributed by atoms with Crippen molar-refractivity contribution >= 4 is 16.8 Å². The first-order chi connectivity index (χ1) is 13.3. The van der Waals surface area contributed by atoms with Gasteiger partial charge in [0.15, 0.2) is 0 Å². The van der Waals surface area contributed by atoms with Crippen LogP contribution in [0.25, 0.3) is 10.9 Å². The number of hydrogen-bond donors (Lipinski definition) is 2. The normalized spacial score (nSPS) is 19.4. The number of nitrogens with one attached hydrogen (secondary N) is 2. The van der Waals surface area contributed by atoms with Crippen molar-refractivity contribution in [3.63, 3.8) is 0 Å². The number of hydrogen-bond acceptors (Lipinski definition) is 4. The highest BCUT2D eigenvalue weighted by molar-refractivity contribution is 5.82. The topological polar surface area (TPSA) is 79.9 Å². The second-order valence-electron chi connectivity index (χ2n) is 7.12. The summed E-state index contributed by atoms with van der Waals surface area (Å²) in [6.45, 7) is 1.26. The fourth-order valence-electron chi connectivity index (χ4n) is 3.72. The van der Waals surface area contributed by atoms with Crippen LogP contribution in [-0.2, 0) is 22.4 Å². The first-order valence-electron chi connectivity index (χ1n) is 9.47. The number of fused-ring (bicyclic) bond motifs is 1. The molecule has 1 fully saturated rings. The molecule has 3 aromatic rings. The van der Waals surface area contributed by atoms with Gasteiger partial charge in [0, 0.05) is 30.1 Å². The molecular weight excluding hydrogens is 340 g/mol. The van der Waals surface area contributed by atoms with Gasteiger partial charge in [-0.05, 0) is 42.5 Å². The van der Waals surface area contributed by atoms with Crippen LogP contribution in [-0.4, -0.2) is 40.3 Å². The molecule has 140 valence electrons. The summed E-state index contributed by atoms with van der Waals surface area (Å²) in [5.41, 5.74) is 3.40. The Balaban J connectivity index is 1.34. The van der Waals surface area contributed by atoms with Crippen molar-refractivity contribution in [2.75, 3.05) is 13.2 Å². The number of benzene rings is 1. The van der Waals surface area contributed by atoms with Gasteiger partial charge in [-0.25, -0.2) is 0 Å². The van der Waals surface area contributed by atoms with Crippen molar-refractivity contribution in [3.05, 3.63) is 60.0 Å². The predicted molar refractivity (Wildman–Crippen MR) is 103 cm³/mol. The average molecular weight is 364 g/mol. The highest BCUT2D eigenvalue weighted by Crippen LogP contribution is 2.24. The van der Waals surface area contributed by atoms with Crippen molar-refractivity contribution < 1.29 is 9.53 Å². The number of aromatic nitrogens is 3. The summed E-state index contributed by atoms with van der Waals surface area (Å²) in [6, 6.07) is 10.3. The van der Waals surface area contributed by atoms with Crippen LogP contribution in [0.2, 0.25) is 0 Å². The fraction of sp³-hybridized carbons (Fsp3) is 0.381. The van der Waals surface area contributed by atoms with Crippen molar-refractivity contribution in [1.29, 1.82) is 0 Å². The number of ether oxygens (including phenoxy) is 1. The highest BCUT2D eigenvalue weighted by atomic mass is 16.5. The number of aromatic amines is 1. The third-order valence-electron chi connectivity index (χ3n) is 5.19. The molecule has 2 N–H and O–H groups in total. The lowest BCUT2D eigenvalue weighted by Gasteiger charge is -2.20. The summed E-state index contributed by atoms with van der Waals surface area (Å²) in [4.78, 5) is 16.8. The SMILES string of the molecule is O=C(CCCc1cn[nH]c1)N[C@H]1COC[C@H]1Cc1ccnc2ccccc12. The van der Waals surface area contributed by atoms with Gasteiger partial charge in [-0.15, -0.1) is 0 Å². The molecule has 2 atom stereocenters. The molecule has 6 nitrogen and oxygen atoms in total. The van der Waals surface area contributed by atoms with E-state index in [1.54, 1.807) is 6.20 Å². The Morgan fingerprint density at radius 2 is 2.19 bits per heavy atom. The molecule has 0 bridgehead atoms. The first kappa shape index (κ1) is 17.7. The Morgan fingerprint density at radius 1 is 1.26 bits per heavy atom. The van der Waals surface area contributed by atoms with Crippen molar-refractivity contribution in [2.24, 2.45) is 5.92 Å². The van der Waals surface area contributed by atoms with Gasteiger partial charge >= 0.3 is 0 Å². The molecule has 1 amide bonds. The van der Waals surface area contributed by atoms with Crippen LogP contribution in [0.15, 0.2) is 48.9 Å². The first-order valence-corrected chi connectivity index (χ1v) is 9.47. The van der Waals surface area contributed by atoms with Crippen LogP contribution in [0.5, 0.6) is 0 Å². The summed E-state index contributed by atoms with van der Waals surface area (Å²) < 4.78 is 5.68. The Bertz CT molecular complexity index is 889. The van der Waals surface area contributed by atoms with E-state index in [1.807, 2.05) is 30.6 Å². The van der Waals surface area contributed by atoms with Gasteiger partial charge in [0.2, 0.25) is 5.91 Å². The lowest BCUT2D eigenvalue weighted by atomic mass is 9.93. The third-order valence-corrected chi connectivity index (χ3v) is 5.19. The van der Waals surface area contributed by atoms with Crippen LogP contribution in [0, 0.1) is 5.92 Å². The van der Waals surface area contributed by atoms with Gasteiger partial charge in [0.1, 0.15) is 0 Å². The van der Waals surface area contributed by atoms with Crippen molar-refractivity contribution in [3.8, 4) is 0 Å². The van der Waals surface area contributed by atoms with E-state index in [2.05, 4.69) is 32.6 Å². The molecular formula is C21H24N4O2. The standard InChI is InChI=1S/C21H24N4O2/c26-21(7-3-4-15-11-23-24-12-15)25-20-14-27-13-17(20)10-16-8-9-22-19-6-2-1-5-18(16)19/h1-2,5-6,8-9,11-12,17,20H,3-4,7,10,13-14H2,(H,23,24)(H,25,26)/t17-,20+/m1/s1. The van der Waals surface area contributed by atoms with Crippen LogP contribution in [0.3, 0.4) is 0 Å². The maximum absolute atomic E-state index is 12.3. The number of nitrogens with zero attached hydrogens (tertiary/aromatic N) is 2. The predicted octanol–water partition coefficient (Wildman–Crippen LogP) is 2.65. The molecule has 0 aliphatic carbocycles. The Hall–Kier alpha value is -2.73. The second kappa shape index (κ2) is 8.31. The quantitative estimate of drug-likeness (QED) is 0.675. The molecule has 27 heavy (non-hydrogen) atoms. The zero-order valence-corrected chi connectivity index (χ0v) is 15.2. The molecule has 0 saturated carbocycles. The van der Waals surface area contributed by atoms with Crippen LogP contribution in [0.4, 0.5) is 0 Å². The number of carbonyl (C=O) groups is 1. The molecule has 4 rings (SSSR count). The lowest BCUT2D eigenvalue weighted by Crippen LogP contribution is -2.40. The molecule has 3 heterocycles. The number of aryl methyl sites for hydroxylation is 1. The third kappa shape index (κ3) is 4.34. The number of amides is 1. The fourth-order valence-corrected chi connectivity index (χ4v) is 3.72. The highest BCUT2D eigenvalue weighted by Gasteiger charge is 2.29. The van der Waals surface area contributed by atoms with E-state index in [0.29, 0.717) is 19.6 Å². The summed E-state index contributed by atoms with van der Waals surface area (Å²) in [5, 5.41) is 11.1. The summed E-state index contributed by atoms with van der Waals surface area (Å²) >= 11 is 0. The Morgan fingerprint density at radius 3 is 3.07 bits per heavy atom. The van der Waals surface area contributed by atoms with Crippen LogP contribution >= 0.6 is 0 Å². The molecule has 1 saturated heterocycles. The molecule has 0 unspecified atom stereocenters. The summed E-state index contributed by atoms with van der Waals surface area (Å²) in [5.74, 6) is 0.382. The molecule has 1 aromatic carbocycles. The van der Waals surface area contributed by atoms with Gasteiger partial charge in [0.05, 0.1) is 31.0 Å². The number of H-pyrrole nitrogens is 1. The van der Waals surface area contributed by atoms with E-state index in [4.69, 9.17) is 4.74 Å². The number of rotatable bonds is 7. The molecule has 2 aromatic heterocycles. The monoisotopic (exact) mass is 364 g/mol. The van der Waals surface area contributed by atoms with Gasteiger partial charge in [0.25, 0.3) is 0 Å². The number of carbonyl (C=O) groups excluding carboxylic acids is 1. The Labute approximate surface area is 158 Å². The minimum absolute atomic E-state index is 0.0679. The van der Waals surface area contributed by atoms with E-state index in [-0.39, 0.29) is 17.9 Å². The van der Waals surface area contributed by atoms with E-state index >= 15 is 0 Å². The summed E-state index contributed by atoms with van der Waals surface area (Å²) in [7, 11) is 0. The zero-order valence-electron chi connectivity index (χ0n) is 15.2. The minimum Gasteiger partial charge on any atom is -0.379 e. The van der Waals surface area contributed by atoms with Crippen LogP contribution < -0.4 is 5.32 Å². The van der Waals surface area contributed by atoms with Crippen molar-refractivity contribution in [2.45, 2.75) is 31.7 Å². The van der Waals surface area contributed by atoms with E-state index in [9.17, 15) is 4.79 Å². The summed E-state index contributed by atoms with van der Waals surface area (Å²) in [6.07, 6.45) is 8.61. The van der Waals surface area contributed by atoms with E-state index in [1.165, 1.54) is 10.9 Å². The molecule has 0 spiro atoms. The van der Waals surface area contributed by atoms with Gasteiger partial charge < -0.3 is 10.1 Å². The van der Waals surface area contributed by atoms with E-state index in [0.717, 1.165) is 30.3 Å². The molecule has 6 heteroatoms. The van der Waals surface area contributed by atoms with Gasteiger partial charge in [-0.1, -0.05) is 18.2 Å². The number of para-hydroxylation sites is 1. The maximum Gasteiger partial charge on any atom is 0.220 e. The Kier molecular flexibility index (Phi) is 5.44. The van der Waals surface area contributed by atoms with Crippen LogP contribution in [0.1, 0.15) is 24.0 Å². The average Bonchev–Trinajstić information content (AvgIpc) is 3.35. The lowest BCUT2D eigenvalue weighted by molar-refractivity contribution is -0.122. The number of pyridine rings is 1. The minimum atomic E-state index is 0.0679. The van der Waals surface area contributed by atoms with Gasteiger partial charge in [-0.2, -0.15) is 5.10 Å². The van der Waals surface area contributed by atoms with Gasteiger partial charge in [-0.3, -0.25) is 14.9 Å². The molecule has 1 aliphatic heterocycles. The largest absolute Gasteiger partial charge is 0.379 e. The van der Waals surface area contributed by atoms with E-state index < -0.39 is 0 Å². The molecule has 1 aliphatic rings. The smallest absolute Gasteiger partial charge is 0.220 e. The molecule has 0 radical (unpaired) electrons. The second-order valence-corrected chi connectivity index (χ2v) is 7.12.